The van der Waals surface area contributed by atoms with Gasteiger partial charge < -0.3 is 10.2 Å². The molecule has 0 heterocycles. The van der Waals surface area contributed by atoms with E-state index in [1.165, 1.54) is 51.4 Å². The molecule has 1 aromatic rings. The van der Waals surface area contributed by atoms with E-state index in [0.29, 0.717) is 5.56 Å². The van der Waals surface area contributed by atoms with Crippen LogP contribution in [0, 0.1) is 6.92 Å². The molecule has 0 bridgehead atoms. The molecule has 0 saturated heterocycles. The van der Waals surface area contributed by atoms with Crippen molar-refractivity contribution < 1.29 is 10.2 Å². The van der Waals surface area contributed by atoms with E-state index >= 15 is 0 Å². The van der Waals surface area contributed by atoms with Crippen molar-refractivity contribution in [1.29, 1.82) is 0 Å². The van der Waals surface area contributed by atoms with Gasteiger partial charge in [0.25, 0.3) is 0 Å². The van der Waals surface area contributed by atoms with E-state index < -0.39 is 6.10 Å². The molecule has 0 fully saturated rings. The highest BCUT2D eigenvalue weighted by atomic mass is 16.3. The first-order valence-electron chi connectivity index (χ1n) is 8.62. The van der Waals surface area contributed by atoms with Crippen LogP contribution in [-0.4, -0.2) is 10.2 Å². The van der Waals surface area contributed by atoms with Gasteiger partial charge >= 0.3 is 0 Å². The second-order valence-corrected chi connectivity index (χ2v) is 6.20. The molecule has 21 heavy (non-hydrogen) atoms. The van der Waals surface area contributed by atoms with Crippen LogP contribution in [0.1, 0.15) is 88.4 Å². The maximum atomic E-state index is 10.1. The lowest BCUT2D eigenvalue weighted by molar-refractivity contribution is 0.159. The molecule has 0 aromatic heterocycles. The number of hydrogen-bond acceptors (Lipinski definition) is 2. The Morgan fingerprint density at radius 3 is 2.05 bits per heavy atom. The number of aromatic hydroxyl groups is 1. The summed E-state index contributed by atoms with van der Waals surface area (Å²) in [7, 11) is 0. The first kappa shape index (κ1) is 18.0. The molecule has 0 aliphatic rings. The average Bonchev–Trinajstić information content (AvgIpc) is 2.45. The first-order chi connectivity index (χ1) is 10.1. The molecule has 1 atom stereocenters. The fourth-order valence-electron chi connectivity index (χ4n) is 2.74. The number of benzene rings is 1. The molecule has 2 nitrogen and oxygen atoms in total. The van der Waals surface area contributed by atoms with Gasteiger partial charge in [0.15, 0.2) is 0 Å². The Morgan fingerprint density at radius 1 is 0.905 bits per heavy atom. The minimum absolute atomic E-state index is 0.221. The molecule has 2 N–H and O–H groups in total. The highest BCUT2D eigenvalue weighted by Crippen LogP contribution is 2.28. The second-order valence-electron chi connectivity index (χ2n) is 6.20. The molecular formula is C19H32O2. The minimum Gasteiger partial charge on any atom is -0.508 e. The predicted molar refractivity (Wildman–Crippen MR) is 89.6 cm³/mol. The first-order valence-corrected chi connectivity index (χ1v) is 8.62. The number of rotatable bonds is 11. The quantitative estimate of drug-likeness (QED) is 0.517. The normalized spacial score (nSPS) is 12.5. The van der Waals surface area contributed by atoms with E-state index in [-0.39, 0.29) is 5.75 Å². The zero-order valence-corrected chi connectivity index (χ0v) is 13.8. The summed E-state index contributed by atoms with van der Waals surface area (Å²) >= 11 is 0. The number of hydrogen-bond donors (Lipinski definition) is 2. The van der Waals surface area contributed by atoms with Crippen molar-refractivity contribution in [2.45, 2.75) is 84.2 Å². The van der Waals surface area contributed by atoms with Crippen LogP contribution < -0.4 is 0 Å². The van der Waals surface area contributed by atoms with Crippen LogP contribution >= 0.6 is 0 Å². The van der Waals surface area contributed by atoms with Crippen molar-refractivity contribution in [3.8, 4) is 5.75 Å². The summed E-state index contributed by atoms with van der Waals surface area (Å²) < 4.78 is 0. The molecular weight excluding hydrogens is 260 g/mol. The number of aryl methyl sites for hydroxylation is 1. The number of aliphatic hydroxyl groups is 1. The topological polar surface area (TPSA) is 40.5 Å². The van der Waals surface area contributed by atoms with E-state index in [2.05, 4.69) is 6.92 Å². The Hall–Kier alpha value is -1.02. The summed E-state index contributed by atoms with van der Waals surface area (Å²) in [5.41, 5.74) is 1.69. The SMILES string of the molecule is CCCCCCCCCCCC(O)c1ccc(C)cc1O. The third kappa shape index (κ3) is 7.52. The summed E-state index contributed by atoms with van der Waals surface area (Å²) in [6.07, 6.45) is 11.8. The van der Waals surface area contributed by atoms with Crippen LogP contribution in [-0.2, 0) is 0 Å². The summed E-state index contributed by atoms with van der Waals surface area (Å²) in [6.45, 7) is 4.19. The van der Waals surface area contributed by atoms with Crippen LogP contribution in [0.25, 0.3) is 0 Å². The van der Waals surface area contributed by atoms with Crippen LogP contribution in [0.5, 0.6) is 5.75 Å². The summed E-state index contributed by atoms with van der Waals surface area (Å²) in [6, 6.07) is 5.49. The van der Waals surface area contributed by atoms with Gasteiger partial charge in [-0.15, -0.1) is 0 Å². The van der Waals surface area contributed by atoms with Crippen molar-refractivity contribution in [1.82, 2.24) is 0 Å². The zero-order chi connectivity index (χ0) is 15.5. The van der Waals surface area contributed by atoms with Gasteiger partial charge in [-0.05, 0) is 25.0 Å². The van der Waals surface area contributed by atoms with E-state index in [9.17, 15) is 10.2 Å². The van der Waals surface area contributed by atoms with Gasteiger partial charge in [0.2, 0.25) is 0 Å². The molecule has 0 radical (unpaired) electrons. The van der Waals surface area contributed by atoms with E-state index in [4.69, 9.17) is 0 Å². The Balaban J connectivity index is 2.09. The fraction of sp³-hybridized carbons (Fsp3) is 0.684. The number of unbranched alkanes of at least 4 members (excludes halogenated alkanes) is 8. The molecule has 0 amide bonds. The van der Waals surface area contributed by atoms with Gasteiger partial charge in [0.1, 0.15) is 5.75 Å². The summed E-state index contributed by atoms with van der Waals surface area (Å²) in [5, 5.41) is 20.0. The molecule has 0 spiro atoms. The van der Waals surface area contributed by atoms with E-state index in [1.54, 1.807) is 6.07 Å². The Kier molecular flexibility index (Phi) is 9.16. The maximum absolute atomic E-state index is 10.1. The molecule has 1 aromatic carbocycles. The second kappa shape index (κ2) is 10.7. The third-order valence-corrected chi connectivity index (χ3v) is 4.13. The van der Waals surface area contributed by atoms with Gasteiger partial charge in [-0.3, -0.25) is 0 Å². The number of phenols is 1. The largest absolute Gasteiger partial charge is 0.508 e. The molecule has 0 saturated carbocycles. The molecule has 2 heteroatoms. The molecule has 0 aliphatic carbocycles. The highest BCUT2D eigenvalue weighted by Gasteiger charge is 2.11. The smallest absolute Gasteiger partial charge is 0.121 e. The Labute approximate surface area is 130 Å². The van der Waals surface area contributed by atoms with Crippen molar-refractivity contribution in [2.75, 3.05) is 0 Å². The van der Waals surface area contributed by atoms with Crippen molar-refractivity contribution in [3.63, 3.8) is 0 Å². The maximum Gasteiger partial charge on any atom is 0.121 e. The molecule has 1 rings (SSSR count). The van der Waals surface area contributed by atoms with Gasteiger partial charge in [0, 0.05) is 5.56 Å². The van der Waals surface area contributed by atoms with Gasteiger partial charge in [-0.25, -0.2) is 0 Å². The monoisotopic (exact) mass is 292 g/mol. The number of aliphatic hydroxyl groups excluding tert-OH is 1. The molecule has 120 valence electrons. The molecule has 0 aliphatic heterocycles. The lowest BCUT2D eigenvalue weighted by Gasteiger charge is -2.13. The lowest BCUT2D eigenvalue weighted by atomic mass is 10.00. The third-order valence-electron chi connectivity index (χ3n) is 4.13. The van der Waals surface area contributed by atoms with Gasteiger partial charge in [0.05, 0.1) is 6.10 Å². The van der Waals surface area contributed by atoms with Crippen LogP contribution in [0.4, 0.5) is 0 Å². The summed E-state index contributed by atoms with van der Waals surface area (Å²) in [4.78, 5) is 0. The van der Waals surface area contributed by atoms with Crippen LogP contribution in [0.2, 0.25) is 0 Å². The standard InChI is InChI=1S/C19H32O2/c1-3-4-5-6-7-8-9-10-11-12-18(20)17-14-13-16(2)15-19(17)21/h13-15,18,20-21H,3-12H2,1-2H3. The van der Waals surface area contributed by atoms with Gasteiger partial charge in [-0.1, -0.05) is 76.8 Å². The Bertz CT molecular complexity index is 387. The van der Waals surface area contributed by atoms with Crippen molar-refractivity contribution >= 4 is 0 Å². The van der Waals surface area contributed by atoms with Crippen LogP contribution in [0.15, 0.2) is 18.2 Å². The lowest BCUT2D eigenvalue weighted by Crippen LogP contribution is -1.98. The number of phenolic OH excluding ortho intramolecular Hbond substituents is 1. The van der Waals surface area contributed by atoms with Crippen LogP contribution in [0.3, 0.4) is 0 Å². The fourth-order valence-corrected chi connectivity index (χ4v) is 2.74. The Morgan fingerprint density at radius 2 is 1.48 bits per heavy atom. The minimum atomic E-state index is -0.532. The highest BCUT2D eigenvalue weighted by molar-refractivity contribution is 5.37. The van der Waals surface area contributed by atoms with E-state index in [0.717, 1.165) is 18.4 Å². The summed E-state index contributed by atoms with van der Waals surface area (Å²) in [5.74, 6) is 0.221. The van der Waals surface area contributed by atoms with E-state index in [1.807, 2.05) is 19.1 Å². The zero-order valence-electron chi connectivity index (χ0n) is 13.8. The van der Waals surface area contributed by atoms with Gasteiger partial charge in [-0.2, -0.15) is 0 Å². The predicted octanol–water partition coefficient (Wildman–Crippen LogP) is 5.65. The average molecular weight is 292 g/mol. The molecule has 1 unspecified atom stereocenters. The van der Waals surface area contributed by atoms with Crippen molar-refractivity contribution in [2.24, 2.45) is 0 Å². The van der Waals surface area contributed by atoms with Crippen molar-refractivity contribution in [3.05, 3.63) is 29.3 Å².